The molecule has 0 saturated carbocycles. The summed E-state index contributed by atoms with van der Waals surface area (Å²) in [5.74, 6) is 3.07. The van der Waals surface area contributed by atoms with Gasteiger partial charge < -0.3 is 38.6 Å². The molecule has 0 bridgehead atoms. The van der Waals surface area contributed by atoms with Crippen LogP contribution in [0.1, 0.15) is 63.1 Å². The first-order chi connectivity index (χ1) is 18.2. The summed E-state index contributed by atoms with van der Waals surface area (Å²) in [6, 6.07) is 0. The lowest BCUT2D eigenvalue weighted by molar-refractivity contribution is -0.112. The Balaban J connectivity index is 1.22. The molecule has 2 aliphatic heterocycles. The summed E-state index contributed by atoms with van der Waals surface area (Å²) >= 11 is 3.11. The van der Waals surface area contributed by atoms with E-state index < -0.39 is 23.4 Å². The number of thiophene rings is 2. The smallest absolute Gasteiger partial charge is 0.175 e. The quantitative estimate of drug-likeness (QED) is 0.309. The highest BCUT2D eigenvalue weighted by Crippen LogP contribution is 2.41. The maximum Gasteiger partial charge on any atom is 0.175 e. The fraction of sp³-hybridized carbons (Fsp3) is 0.714. The number of hydrogen-bond donors (Lipinski definition) is 2. The zero-order valence-electron chi connectivity index (χ0n) is 23.0. The van der Waals surface area contributed by atoms with Crippen molar-refractivity contribution in [3.8, 4) is 23.0 Å². The van der Waals surface area contributed by atoms with E-state index in [1.165, 1.54) is 0 Å². The molecule has 214 valence electrons. The predicted octanol–water partition coefficient (Wildman–Crippen LogP) is 5.01. The average Bonchev–Trinajstić information content (AvgIpc) is 3.51. The third-order valence-corrected chi connectivity index (χ3v) is 9.39. The van der Waals surface area contributed by atoms with Crippen LogP contribution in [0, 0.1) is 0 Å². The van der Waals surface area contributed by atoms with E-state index in [1.807, 2.05) is 10.8 Å². The number of aliphatic hydroxyl groups excluding tert-OH is 2. The van der Waals surface area contributed by atoms with Gasteiger partial charge in [-0.05, 0) is 33.1 Å². The Kier molecular flexibility index (Phi) is 10.2. The highest BCUT2D eigenvalue weighted by Gasteiger charge is 2.31. The van der Waals surface area contributed by atoms with E-state index in [2.05, 4.69) is 27.7 Å². The van der Waals surface area contributed by atoms with Gasteiger partial charge >= 0.3 is 0 Å². The Morgan fingerprint density at radius 2 is 1.32 bits per heavy atom. The third kappa shape index (κ3) is 7.55. The number of rotatable bonds is 15. The van der Waals surface area contributed by atoms with Crippen LogP contribution in [0.2, 0.25) is 0 Å². The van der Waals surface area contributed by atoms with E-state index in [-0.39, 0.29) is 6.61 Å². The summed E-state index contributed by atoms with van der Waals surface area (Å²) in [6.45, 7) is 11.2. The molecule has 2 N–H and O–H groups in total. The van der Waals surface area contributed by atoms with Crippen LogP contribution in [-0.2, 0) is 22.3 Å². The number of fused-ring (bicyclic) bond motifs is 2. The summed E-state index contributed by atoms with van der Waals surface area (Å²) < 4.78 is 35.3. The summed E-state index contributed by atoms with van der Waals surface area (Å²) in [7, 11) is 0. The van der Waals surface area contributed by atoms with E-state index in [0.29, 0.717) is 58.7 Å². The third-order valence-electron chi connectivity index (χ3n) is 7.46. The molecule has 0 fully saturated rings. The van der Waals surface area contributed by atoms with Crippen molar-refractivity contribution in [2.75, 3.05) is 39.6 Å². The molecule has 0 aromatic carbocycles. The summed E-state index contributed by atoms with van der Waals surface area (Å²) in [6.07, 6.45) is 2.60. The van der Waals surface area contributed by atoms with Crippen molar-refractivity contribution >= 4 is 22.7 Å². The lowest BCUT2D eigenvalue weighted by atomic mass is 9.93. The summed E-state index contributed by atoms with van der Waals surface area (Å²) in [5.41, 5.74) is -0.876. The van der Waals surface area contributed by atoms with Crippen molar-refractivity contribution in [2.24, 2.45) is 0 Å². The molecule has 0 aliphatic carbocycles. The highest BCUT2D eigenvalue weighted by atomic mass is 32.1. The SMILES string of the molecule is CCC(C)(CCOC(C)(CC)CC(O)Cc1scc2c1OCCO2)OCC(O)Cc1scc2c1OCCO2. The van der Waals surface area contributed by atoms with Crippen LogP contribution in [-0.4, -0.2) is 73.3 Å². The van der Waals surface area contributed by atoms with Crippen LogP contribution in [0.25, 0.3) is 0 Å². The Morgan fingerprint density at radius 1 is 0.789 bits per heavy atom. The number of ether oxygens (including phenoxy) is 6. The Hall–Kier alpha value is -1.56. The van der Waals surface area contributed by atoms with Crippen LogP contribution >= 0.6 is 22.7 Å². The maximum atomic E-state index is 10.9. The van der Waals surface area contributed by atoms with Crippen molar-refractivity contribution < 1.29 is 38.6 Å². The van der Waals surface area contributed by atoms with Crippen LogP contribution in [0.5, 0.6) is 23.0 Å². The van der Waals surface area contributed by atoms with Crippen LogP contribution in [0.15, 0.2) is 10.8 Å². The van der Waals surface area contributed by atoms with Crippen molar-refractivity contribution in [2.45, 2.75) is 89.6 Å². The van der Waals surface area contributed by atoms with Crippen LogP contribution < -0.4 is 18.9 Å². The maximum absolute atomic E-state index is 10.9. The first kappa shape index (κ1) is 29.4. The molecular weight excluding hydrogens is 528 g/mol. The fourth-order valence-electron chi connectivity index (χ4n) is 4.64. The minimum absolute atomic E-state index is 0.235. The van der Waals surface area contributed by atoms with Gasteiger partial charge in [0.2, 0.25) is 0 Å². The van der Waals surface area contributed by atoms with Crippen LogP contribution in [0.4, 0.5) is 0 Å². The van der Waals surface area contributed by atoms with Gasteiger partial charge in [-0.25, -0.2) is 0 Å². The molecule has 10 heteroatoms. The first-order valence-electron chi connectivity index (χ1n) is 13.6. The number of aliphatic hydroxyl groups is 2. The second kappa shape index (κ2) is 13.2. The molecule has 2 aromatic heterocycles. The minimum Gasteiger partial charge on any atom is -0.485 e. The topological polar surface area (TPSA) is 95.8 Å². The lowest BCUT2D eigenvalue weighted by Gasteiger charge is -2.34. The van der Waals surface area contributed by atoms with E-state index >= 15 is 0 Å². The zero-order valence-corrected chi connectivity index (χ0v) is 24.6. The molecule has 8 nitrogen and oxygen atoms in total. The van der Waals surface area contributed by atoms with E-state index in [9.17, 15) is 10.2 Å². The van der Waals surface area contributed by atoms with Gasteiger partial charge in [0, 0.05) is 30.0 Å². The minimum atomic E-state index is -0.636. The van der Waals surface area contributed by atoms with Crippen molar-refractivity contribution in [1.29, 1.82) is 0 Å². The van der Waals surface area contributed by atoms with E-state index in [4.69, 9.17) is 28.4 Å². The molecular formula is C28H42O8S2. The fourth-order valence-corrected chi connectivity index (χ4v) is 6.60. The molecule has 4 unspecified atom stereocenters. The van der Waals surface area contributed by atoms with Gasteiger partial charge in [0.05, 0.1) is 46.4 Å². The van der Waals surface area contributed by atoms with Gasteiger partial charge in [0.1, 0.15) is 26.4 Å². The molecule has 4 heterocycles. The standard InChI is InChI=1S/C28H42O8S2/c1-5-27(3,36-16-20(30)14-24-26-22(18-38-24)32-10-12-34-26)7-8-35-28(4,6-2)15-19(29)13-23-25-21(17-37-23)31-9-11-33-25/h17-20,29-30H,5-16H2,1-4H3. The first-order valence-corrected chi connectivity index (χ1v) is 15.4. The second-order valence-electron chi connectivity index (χ2n) is 10.5. The van der Waals surface area contributed by atoms with Gasteiger partial charge in [0.25, 0.3) is 0 Å². The Morgan fingerprint density at radius 3 is 1.87 bits per heavy atom. The normalized spacial score (nSPS) is 19.4. The number of hydrogen-bond acceptors (Lipinski definition) is 10. The molecule has 4 rings (SSSR count). The molecule has 2 aliphatic rings. The Labute approximate surface area is 233 Å². The monoisotopic (exact) mass is 570 g/mol. The molecule has 4 atom stereocenters. The summed E-state index contributed by atoms with van der Waals surface area (Å²) in [5, 5.41) is 25.4. The molecule has 38 heavy (non-hydrogen) atoms. The zero-order chi connectivity index (χ0) is 27.2. The van der Waals surface area contributed by atoms with Crippen molar-refractivity contribution in [1.82, 2.24) is 0 Å². The van der Waals surface area contributed by atoms with Gasteiger partial charge in [-0.3, -0.25) is 0 Å². The Bertz CT molecular complexity index is 1020. The molecule has 2 aromatic rings. The second-order valence-corrected chi connectivity index (χ2v) is 12.5. The average molecular weight is 571 g/mol. The van der Waals surface area contributed by atoms with Gasteiger partial charge in [-0.15, -0.1) is 22.7 Å². The van der Waals surface area contributed by atoms with Crippen molar-refractivity contribution in [3.05, 3.63) is 20.5 Å². The molecule has 0 radical (unpaired) electrons. The molecule has 0 amide bonds. The van der Waals surface area contributed by atoms with Gasteiger partial charge in [0.15, 0.2) is 23.0 Å². The summed E-state index contributed by atoms with van der Waals surface area (Å²) in [4.78, 5) is 2.00. The highest BCUT2D eigenvalue weighted by molar-refractivity contribution is 7.11. The van der Waals surface area contributed by atoms with Crippen molar-refractivity contribution in [3.63, 3.8) is 0 Å². The molecule has 0 saturated heterocycles. The van der Waals surface area contributed by atoms with E-state index in [1.54, 1.807) is 22.7 Å². The van der Waals surface area contributed by atoms with Crippen LogP contribution in [0.3, 0.4) is 0 Å². The largest absolute Gasteiger partial charge is 0.485 e. The van der Waals surface area contributed by atoms with Gasteiger partial charge in [-0.2, -0.15) is 0 Å². The van der Waals surface area contributed by atoms with E-state index in [0.717, 1.165) is 45.6 Å². The molecule has 0 spiro atoms. The lowest BCUT2D eigenvalue weighted by Crippen LogP contribution is -2.37. The predicted molar refractivity (Wildman–Crippen MR) is 149 cm³/mol. The van der Waals surface area contributed by atoms with Gasteiger partial charge in [-0.1, -0.05) is 13.8 Å².